The van der Waals surface area contributed by atoms with Crippen molar-refractivity contribution in [3.63, 3.8) is 0 Å². The fraction of sp³-hybridized carbons (Fsp3) is 0.923. The molecule has 0 aliphatic rings. The average Bonchev–Trinajstić information content (AvgIpc) is 3.00. The lowest BCUT2D eigenvalue weighted by Crippen LogP contribution is -2.19. The first-order valence-corrected chi connectivity index (χ1v) is 15.6. The van der Waals surface area contributed by atoms with Gasteiger partial charge >= 0.3 is 10.4 Å². The fourth-order valence-corrected chi connectivity index (χ4v) is 3.09. The summed E-state index contributed by atoms with van der Waals surface area (Å²) in [6, 6.07) is 0. The Morgan fingerprint density at radius 1 is 0.535 bits per heavy atom. The van der Waals surface area contributed by atoms with E-state index in [-0.39, 0.29) is 25.9 Å². The van der Waals surface area contributed by atoms with Gasteiger partial charge < -0.3 is 52.1 Å². The second-order valence-corrected chi connectivity index (χ2v) is 9.59. The van der Waals surface area contributed by atoms with Crippen molar-refractivity contribution < 1.29 is 69.0 Å². The van der Waals surface area contributed by atoms with Gasteiger partial charge in [0.2, 0.25) is 0 Å². The van der Waals surface area contributed by atoms with Gasteiger partial charge in [-0.05, 0) is 6.92 Å². The molecule has 0 rings (SSSR count). The Morgan fingerprint density at radius 3 is 1.14 bits per heavy atom. The zero-order valence-corrected chi connectivity index (χ0v) is 26.3. The molecule has 43 heavy (non-hydrogen) atoms. The summed E-state index contributed by atoms with van der Waals surface area (Å²) in [5.74, 6) is 4.51. The highest BCUT2D eigenvalue weighted by Crippen LogP contribution is 1.93. The Morgan fingerprint density at radius 2 is 0.837 bits per heavy atom. The highest BCUT2D eigenvalue weighted by Gasteiger charge is 2.08. The zero-order chi connectivity index (χ0) is 31.5. The minimum Gasteiger partial charge on any atom is -0.377 e. The summed E-state index contributed by atoms with van der Waals surface area (Å²) in [5, 5.41) is 0. The molecule has 17 heteroatoms. The van der Waals surface area contributed by atoms with Crippen molar-refractivity contribution in [3.05, 3.63) is 12.7 Å². The predicted octanol–water partition coefficient (Wildman–Crippen LogP) is -0.105. The van der Waals surface area contributed by atoms with E-state index in [9.17, 15) is 8.42 Å². The van der Waals surface area contributed by atoms with Crippen LogP contribution in [0.25, 0.3) is 0 Å². The van der Waals surface area contributed by atoms with E-state index in [2.05, 4.69) is 20.9 Å². The van der Waals surface area contributed by atoms with Crippen LogP contribution >= 0.6 is 0 Å². The Balaban J connectivity index is 3.11. The van der Waals surface area contributed by atoms with E-state index in [4.69, 9.17) is 52.1 Å². The van der Waals surface area contributed by atoms with Crippen LogP contribution in [0, 0.1) is 0 Å². The molecular weight excluding hydrogens is 598 g/mol. The summed E-state index contributed by atoms with van der Waals surface area (Å²) in [5.41, 5.74) is 0. The van der Waals surface area contributed by atoms with Crippen LogP contribution in [-0.2, 0) is 71.0 Å². The number of nitrogens with two attached hydrogens (primary N) is 1. The Kier molecular flexibility index (Phi) is 33.3. The molecule has 0 amide bonds. The predicted molar refractivity (Wildman–Crippen MR) is 154 cm³/mol. The molecule has 0 aromatic rings. The molecule has 2 N–H and O–H groups in total. The Labute approximate surface area is 256 Å². The Hall–Kier alpha value is -0.870. The fourth-order valence-electron chi connectivity index (χ4n) is 2.76. The first kappa shape index (κ1) is 42.1. The van der Waals surface area contributed by atoms with E-state index in [0.29, 0.717) is 126 Å². The zero-order valence-electron chi connectivity index (χ0n) is 25.5. The van der Waals surface area contributed by atoms with E-state index < -0.39 is 10.4 Å². The van der Waals surface area contributed by atoms with Crippen LogP contribution in [-0.4, -0.2) is 160 Å². The van der Waals surface area contributed by atoms with Crippen molar-refractivity contribution >= 4 is 10.4 Å². The minimum atomic E-state index is -4.14. The highest BCUT2D eigenvalue weighted by molar-refractivity contribution is 7.81. The van der Waals surface area contributed by atoms with Crippen LogP contribution in [0.5, 0.6) is 0 Å². The number of hydrogen-bond acceptors (Lipinski definition) is 16. The van der Waals surface area contributed by atoms with Crippen LogP contribution in [0.2, 0.25) is 0 Å². The molecule has 0 aliphatic carbocycles. The monoisotopic (exact) mass is 651 g/mol. The maximum atomic E-state index is 10.8. The van der Waals surface area contributed by atoms with E-state index >= 15 is 0 Å². The van der Waals surface area contributed by atoms with Crippen LogP contribution < -0.4 is 5.90 Å². The van der Waals surface area contributed by atoms with Crippen LogP contribution in [0.1, 0.15) is 6.92 Å². The third-order valence-electron chi connectivity index (χ3n) is 4.77. The lowest BCUT2D eigenvalue weighted by atomic mass is 10.4. The van der Waals surface area contributed by atoms with Crippen LogP contribution in [0.15, 0.2) is 12.7 Å². The summed E-state index contributed by atoms with van der Waals surface area (Å²) in [6.07, 6.45) is 1.73. The molecule has 0 bridgehead atoms. The van der Waals surface area contributed by atoms with E-state index in [1.54, 1.807) is 6.08 Å². The lowest BCUT2D eigenvalue weighted by molar-refractivity contribution is -0.0388. The molecule has 0 aromatic carbocycles. The first-order chi connectivity index (χ1) is 21.0. The van der Waals surface area contributed by atoms with E-state index in [1.807, 2.05) is 6.92 Å². The number of rotatable bonds is 37. The number of ether oxygens (including phenoxy) is 11. The largest absolute Gasteiger partial charge is 0.415 e. The van der Waals surface area contributed by atoms with Crippen molar-refractivity contribution in [2.75, 3.05) is 145 Å². The molecule has 0 spiro atoms. The molecule has 0 saturated carbocycles. The maximum Gasteiger partial charge on any atom is 0.415 e. The minimum absolute atomic E-state index is 0.0241. The van der Waals surface area contributed by atoms with Gasteiger partial charge in [-0.2, -0.15) is 18.6 Å². The van der Waals surface area contributed by atoms with Gasteiger partial charge in [-0.1, -0.05) is 6.08 Å². The van der Waals surface area contributed by atoms with Gasteiger partial charge in [0, 0.05) is 0 Å². The summed E-state index contributed by atoms with van der Waals surface area (Å²) in [4.78, 5) is 0. The van der Waals surface area contributed by atoms with Crippen molar-refractivity contribution in [1.29, 1.82) is 0 Å². The molecule has 0 aromatic heterocycles. The van der Waals surface area contributed by atoms with Crippen molar-refractivity contribution in [3.8, 4) is 0 Å². The molecule has 0 heterocycles. The van der Waals surface area contributed by atoms with E-state index in [1.165, 1.54) is 0 Å². The van der Waals surface area contributed by atoms with Gasteiger partial charge in [-0.25, -0.2) is 4.18 Å². The molecule has 0 fully saturated rings. The number of hydrogen-bond donors (Lipinski definition) is 1. The van der Waals surface area contributed by atoms with Crippen LogP contribution in [0.3, 0.4) is 0 Å². The van der Waals surface area contributed by atoms with Gasteiger partial charge in [0.05, 0.1) is 151 Å². The van der Waals surface area contributed by atoms with Gasteiger partial charge in [0.15, 0.2) is 0 Å². The highest BCUT2D eigenvalue weighted by atomic mass is 32.3. The van der Waals surface area contributed by atoms with E-state index in [0.717, 1.165) is 0 Å². The summed E-state index contributed by atoms with van der Waals surface area (Å²) in [6.45, 7) is 14.7. The molecule has 1 unspecified atom stereocenters. The summed E-state index contributed by atoms with van der Waals surface area (Å²) >= 11 is 0. The van der Waals surface area contributed by atoms with Crippen LogP contribution in [0.4, 0.5) is 0 Å². The molecule has 258 valence electrons. The standard InChI is InChI=1S/C26H53NO15S/c1-3-4-39-25-26(2)40-23-21-37-19-17-35-15-13-33-11-9-31-7-5-30-6-8-32-10-12-34-14-16-36-18-20-38-22-24-41-43(28,29)42-27/h3,26H,1,4-25,27H2,2H3. The third kappa shape index (κ3) is 35.5. The quantitative estimate of drug-likeness (QED) is 0.0534. The second kappa shape index (κ2) is 34.0. The van der Waals surface area contributed by atoms with Gasteiger partial charge in [-0.15, -0.1) is 6.58 Å². The molecule has 0 radical (unpaired) electrons. The third-order valence-corrected chi connectivity index (χ3v) is 5.46. The SMILES string of the molecule is C=CCOCC(C)OCCOCCOCCOCCOCCOCCOCCOCCOCCOCCOS(=O)(=O)ON. The van der Waals surface area contributed by atoms with Gasteiger partial charge in [0.25, 0.3) is 0 Å². The normalized spacial score (nSPS) is 12.6. The van der Waals surface area contributed by atoms with Crippen molar-refractivity contribution in [2.24, 2.45) is 5.90 Å². The average molecular weight is 652 g/mol. The first-order valence-electron chi connectivity index (χ1n) is 14.3. The topological polar surface area (TPSA) is 180 Å². The van der Waals surface area contributed by atoms with Gasteiger partial charge in [-0.3, -0.25) is 0 Å². The molecular formula is C26H53NO15S. The second-order valence-electron chi connectivity index (χ2n) is 8.35. The molecule has 0 saturated heterocycles. The Bertz CT molecular complexity index is 675. The summed E-state index contributed by atoms with van der Waals surface area (Å²) < 4.78 is 88.9. The van der Waals surface area contributed by atoms with Crippen molar-refractivity contribution in [1.82, 2.24) is 0 Å². The molecule has 0 aliphatic heterocycles. The smallest absolute Gasteiger partial charge is 0.377 e. The maximum absolute atomic E-state index is 10.8. The molecule has 16 nitrogen and oxygen atoms in total. The van der Waals surface area contributed by atoms with Gasteiger partial charge in [0.1, 0.15) is 0 Å². The molecule has 1 atom stereocenters. The lowest BCUT2D eigenvalue weighted by Gasteiger charge is -2.13. The summed E-state index contributed by atoms with van der Waals surface area (Å²) in [7, 11) is -4.14. The van der Waals surface area contributed by atoms with Crippen molar-refractivity contribution in [2.45, 2.75) is 13.0 Å².